The molecule has 0 radical (unpaired) electrons. The molecule has 0 spiro atoms. The van der Waals surface area contributed by atoms with Crippen LogP contribution in [0.3, 0.4) is 0 Å². The molecule has 3 rings (SSSR count). The molecular weight excluding hydrogens is 387 g/mol. The maximum atomic E-state index is 12.6. The summed E-state index contributed by atoms with van der Waals surface area (Å²) >= 11 is 3.35. The second-order valence-corrected chi connectivity index (χ2v) is 5.89. The minimum Gasteiger partial charge on any atom is -0.497 e. The SMILES string of the molecule is COc1cc(Oc2ccc(C(F)(F)F)cc2)c2ncc(Br)cc2c1. The molecule has 0 saturated heterocycles. The summed E-state index contributed by atoms with van der Waals surface area (Å²) in [7, 11) is 1.52. The largest absolute Gasteiger partial charge is 0.497 e. The van der Waals surface area contributed by atoms with Crippen LogP contribution in [0.2, 0.25) is 0 Å². The van der Waals surface area contributed by atoms with E-state index < -0.39 is 11.7 Å². The van der Waals surface area contributed by atoms with Crippen molar-refractivity contribution in [3.05, 3.63) is 58.7 Å². The smallest absolute Gasteiger partial charge is 0.416 e. The average Bonchev–Trinajstić information content (AvgIpc) is 2.54. The van der Waals surface area contributed by atoms with Gasteiger partial charge in [0.25, 0.3) is 0 Å². The second kappa shape index (κ2) is 6.32. The third kappa shape index (κ3) is 3.46. The van der Waals surface area contributed by atoms with Crippen LogP contribution in [0.1, 0.15) is 5.56 Å². The highest BCUT2D eigenvalue weighted by molar-refractivity contribution is 9.10. The highest BCUT2D eigenvalue weighted by atomic mass is 79.9. The van der Waals surface area contributed by atoms with Gasteiger partial charge in [0.15, 0.2) is 5.75 Å². The molecule has 0 aliphatic carbocycles. The number of hydrogen-bond donors (Lipinski definition) is 0. The van der Waals surface area contributed by atoms with Crippen molar-refractivity contribution >= 4 is 26.8 Å². The van der Waals surface area contributed by atoms with Crippen molar-refractivity contribution in [1.82, 2.24) is 4.98 Å². The van der Waals surface area contributed by atoms with Gasteiger partial charge in [0.2, 0.25) is 0 Å². The molecule has 1 aromatic heterocycles. The van der Waals surface area contributed by atoms with Crippen LogP contribution >= 0.6 is 15.9 Å². The van der Waals surface area contributed by atoms with Gasteiger partial charge in [0, 0.05) is 22.1 Å². The van der Waals surface area contributed by atoms with Crippen molar-refractivity contribution < 1.29 is 22.6 Å². The predicted octanol–water partition coefficient (Wildman–Crippen LogP) is 5.82. The lowest BCUT2D eigenvalue weighted by molar-refractivity contribution is -0.137. The van der Waals surface area contributed by atoms with Gasteiger partial charge >= 0.3 is 6.18 Å². The molecule has 0 atom stereocenters. The molecule has 0 unspecified atom stereocenters. The number of halogens is 4. The summed E-state index contributed by atoms with van der Waals surface area (Å²) in [6.07, 6.45) is -2.76. The minimum atomic E-state index is -4.38. The third-order valence-corrected chi connectivity index (χ3v) is 3.77. The second-order valence-electron chi connectivity index (χ2n) is 4.97. The first kappa shape index (κ1) is 16.6. The molecule has 0 N–H and O–H groups in total. The molecule has 0 fully saturated rings. The molecule has 0 bridgehead atoms. The van der Waals surface area contributed by atoms with E-state index in [0.29, 0.717) is 17.0 Å². The van der Waals surface area contributed by atoms with Gasteiger partial charge < -0.3 is 9.47 Å². The third-order valence-electron chi connectivity index (χ3n) is 3.33. The highest BCUT2D eigenvalue weighted by Crippen LogP contribution is 2.35. The topological polar surface area (TPSA) is 31.4 Å². The Morgan fingerprint density at radius 1 is 1.00 bits per heavy atom. The van der Waals surface area contributed by atoms with Gasteiger partial charge in [0.1, 0.15) is 17.0 Å². The number of rotatable bonds is 3. The van der Waals surface area contributed by atoms with Crippen molar-refractivity contribution in [3.8, 4) is 17.2 Å². The van der Waals surface area contributed by atoms with E-state index in [1.807, 2.05) is 6.07 Å². The van der Waals surface area contributed by atoms with E-state index >= 15 is 0 Å². The van der Waals surface area contributed by atoms with Gasteiger partial charge in [-0.1, -0.05) is 0 Å². The summed E-state index contributed by atoms with van der Waals surface area (Å²) in [5, 5.41) is 0.783. The number of methoxy groups -OCH3 is 1. The fraction of sp³-hybridized carbons (Fsp3) is 0.118. The summed E-state index contributed by atoms with van der Waals surface area (Å²) in [6.45, 7) is 0. The quantitative estimate of drug-likeness (QED) is 0.558. The van der Waals surface area contributed by atoms with Crippen LogP contribution in [0.15, 0.2) is 53.1 Å². The van der Waals surface area contributed by atoms with E-state index in [2.05, 4.69) is 20.9 Å². The van der Waals surface area contributed by atoms with E-state index in [0.717, 1.165) is 22.0 Å². The Morgan fingerprint density at radius 2 is 1.71 bits per heavy atom. The summed E-state index contributed by atoms with van der Waals surface area (Å²) in [5.41, 5.74) is -0.147. The number of benzene rings is 2. The van der Waals surface area contributed by atoms with Crippen molar-refractivity contribution in [2.24, 2.45) is 0 Å². The number of hydrogen-bond acceptors (Lipinski definition) is 3. The van der Waals surface area contributed by atoms with E-state index in [4.69, 9.17) is 9.47 Å². The lowest BCUT2D eigenvalue weighted by Gasteiger charge is -2.12. The highest BCUT2D eigenvalue weighted by Gasteiger charge is 2.30. The number of nitrogens with zero attached hydrogens (tertiary/aromatic N) is 1. The van der Waals surface area contributed by atoms with Gasteiger partial charge in [0.05, 0.1) is 12.7 Å². The number of fused-ring (bicyclic) bond motifs is 1. The molecule has 1 heterocycles. The Hall–Kier alpha value is -2.28. The van der Waals surface area contributed by atoms with Crippen molar-refractivity contribution in [2.75, 3.05) is 7.11 Å². The van der Waals surface area contributed by atoms with Gasteiger partial charge in [-0.2, -0.15) is 13.2 Å². The van der Waals surface area contributed by atoms with Crippen LogP contribution in [0.25, 0.3) is 10.9 Å². The molecule has 2 aromatic carbocycles. The summed E-state index contributed by atoms with van der Waals surface area (Å²) in [5.74, 6) is 1.24. The maximum absolute atomic E-state index is 12.6. The zero-order valence-corrected chi connectivity index (χ0v) is 14.0. The Morgan fingerprint density at radius 3 is 2.33 bits per heavy atom. The van der Waals surface area contributed by atoms with E-state index in [9.17, 15) is 13.2 Å². The lowest BCUT2D eigenvalue weighted by Crippen LogP contribution is -2.04. The van der Waals surface area contributed by atoms with Gasteiger partial charge in [-0.15, -0.1) is 0 Å². The Kier molecular flexibility index (Phi) is 4.36. The monoisotopic (exact) mass is 397 g/mol. The predicted molar refractivity (Wildman–Crippen MR) is 87.5 cm³/mol. The van der Waals surface area contributed by atoms with Crippen LogP contribution in [-0.4, -0.2) is 12.1 Å². The lowest BCUT2D eigenvalue weighted by atomic mass is 10.2. The van der Waals surface area contributed by atoms with Crippen LogP contribution in [0, 0.1) is 0 Å². The van der Waals surface area contributed by atoms with Crippen LogP contribution in [-0.2, 0) is 6.18 Å². The summed E-state index contributed by atoms with van der Waals surface area (Å²) in [6, 6.07) is 9.78. The molecule has 124 valence electrons. The van der Waals surface area contributed by atoms with Crippen LogP contribution < -0.4 is 9.47 Å². The number of ether oxygens (including phenoxy) is 2. The van der Waals surface area contributed by atoms with Crippen molar-refractivity contribution in [3.63, 3.8) is 0 Å². The minimum absolute atomic E-state index is 0.280. The number of pyridine rings is 1. The Labute approximate surface area is 144 Å². The molecule has 24 heavy (non-hydrogen) atoms. The summed E-state index contributed by atoms with van der Waals surface area (Å²) in [4.78, 5) is 4.30. The zero-order valence-electron chi connectivity index (χ0n) is 12.4. The molecule has 3 aromatic rings. The van der Waals surface area contributed by atoms with E-state index in [1.165, 1.54) is 19.2 Å². The molecule has 7 heteroatoms. The normalized spacial score (nSPS) is 11.5. The van der Waals surface area contributed by atoms with Crippen molar-refractivity contribution in [2.45, 2.75) is 6.18 Å². The first-order chi connectivity index (χ1) is 11.4. The van der Waals surface area contributed by atoms with Crippen LogP contribution in [0.4, 0.5) is 13.2 Å². The number of alkyl halides is 3. The molecule has 3 nitrogen and oxygen atoms in total. The Balaban J connectivity index is 2.00. The fourth-order valence-electron chi connectivity index (χ4n) is 2.20. The first-order valence-corrected chi connectivity index (χ1v) is 7.64. The number of aromatic nitrogens is 1. The molecule has 0 saturated carbocycles. The fourth-order valence-corrected chi connectivity index (χ4v) is 2.55. The molecule has 0 amide bonds. The molecule has 0 aliphatic rings. The van der Waals surface area contributed by atoms with Gasteiger partial charge in [-0.3, -0.25) is 4.98 Å². The average molecular weight is 398 g/mol. The van der Waals surface area contributed by atoms with E-state index in [-0.39, 0.29) is 5.75 Å². The maximum Gasteiger partial charge on any atom is 0.416 e. The Bertz CT molecular complexity index is 879. The molecular formula is C17H11BrF3NO2. The van der Waals surface area contributed by atoms with Gasteiger partial charge in [-0.05, 0) is 52.3 Å². The van der Waals surface area contributed by atoms with Crippen LogP contribution in [0.5, 0.6) is 17.2 Å². The summed E-state index contributed by atoms with van der Waals surface area (Å²) < 4.78 is 49.6. The zero-order chi connectivity index (χ0) is 17.3. The van der Waals surface area contributed by atoms with Crippen molar-refractivity contribution in [1.29, 1.82) is 0 Å². The standard InChI is InChI=1S/C17H11BrF3NO2/c1-23-14-7-10-6-12(18)9-22-16(10)15(8-14)24-13-4-2-11(3-5-13)17(19,20)21/h2-9H,1H3. The first-order valence-electron chi connectivity index (χ1n) is 6.85. The molecule has 0 aliphatic heterocycles. The van der Waals surface area contributed by atoms with Gasteiger partial charge in [-0.25, -0.2) is 0 Å². The van der Waals surface area contributed by atoms with E-state index in [1.54, 1.807) is 18.3 Å².